The highest BCUT2D eigenvalue weighted by Crippen LogP contribution is 2.35. The molecule has 2 atom stereocenters. The van der Waals surface area contributed by atoms with Crippen molar-refractivity contribution in [2.75, 3.05) is 6.61 Å². The molecule has 0 saturated heterocycles. The van der Waals surface area contributed by atoms with Crippen LogP contribution in [0.5, 0.6) is 0 Å². The lowest BCUT2D eigenvalue weighted by atomic mass is 9.93. The minimum atomic E-state index is -0.802. The summed E-state index contributed by atoms with van der Waals surface area (Å²) in [6.45, 7) is 6.34. The molecule has 0 aliphatic heterocycles. The third-order valence-corrected chi connectivity index (χ3v) is 3.76. The number of aliphatic hydroxyl groups excluding tert-OH is 1. The summed E-state index contributed by atoms with van der Waals surface area (Å²) in [5, 5.41) is 12.0. The molecule has 0 amide bonds. The van der Waals surface area contributed by atoms with E-state index in [9.17, 15) is 5.11 Å². The molecule has 0 aliphatic carbocycles. The second-order valence-electron chi connectivity index (χ2n) is 4.83. The zero-order valence-corrected chi connectivity index (χ0v) is 12.2. The van der Waals surface area contributed by atoms with Crippen molar-refractivity contribution in [1.29, 1.82) is 0 Å². The predicted molar refractivity (Wildman–Crippen MR) is 76.5 cm³/mol. The summed E-state index contributed by atoms with van der Waals surface area (Å²) < 4.78 is 11.4. The Hall–Kier alpha value is -1.03. The van der Waals surface area contributed by atoms with Gasteiger partial charge in [-0.1, -0.05) is 18.5 Å². The van der Waals surface area contributed by atoms with Gasteiger partial charge in [0.15, 0.2) is 0 Å². The lowest BCUT2D eigenvalue weighted by Crippen LogP contribution is -2.35. The highest BCUT2D eigenvalue weighted by Gasteiger charge is 2.35. The summed E-state index contributed by atoms with van der Waals surface area (Å²) in [7, 11) is 0. The molecule has 0 spiro atoms. The monoisotopic (exact) mass is 282 g/mol. The number of aliphatic hydroxyl groups is 1. The van der Waals surface area contributed by atoms with Gasteiger partial charge in [-0.05, 0) is 44.5 Å². The van der Waals surface area contributed by atoms with Crippen LogP contribution in [-0.4, -0.2) is 17.3 Å². The van der Waals surface area contributed by atoms with Crippen LogP contribution in [-0.2, 0) is 4.74 Å². The lowest BCUT2D eigenvalue weighted by molar-refractivity contribution is -0.119. The first kappa shape index (κ1) is 14.4. The molecule has 2 rings (SSSR count). The fourth-order valence-corrected chi connectivity index (χ4v) is 2.36. The van der Waals surface area contributed by atoms with E-state index in [1.165, 1.54) is 0 Å². The van der Waals surface area contributed by atoms with E-state index in [0.29, 0.717) is 29.4 Å². The van der Waals surface area contributed by atoms with Crippen molar-refractivity contribution >= 4 is 22.6 Å². The van der Waals surface area contributed by atoms with Gasteiger partial charge in [-0.25, -0.2) is 0 Å². The molecule has 1 heterocycles. The molecule has 1 aromatic carbocycles. The molecule has 0 radical (unpaired) electrons. The average molecular weight is 283 g/mol. The second kappa shape index (κ2) is 5.53. The summed E-state index contributed by atoms with van der Waals surface area (Å²) in [4.78, 5) is 0. The van der Waals surface area contributed by atoms with Crippen molar-refractivity contribution < 1.29 is 14.3 Å². The highest BCUT2D eigenvalue weighted by molar-refractivity contribution is 6.31. The van der Waals surface area contributed by atoms with E-state index >= 15 is 0 Å². The number of halogens is 1. The second-order valence-corrected chi connectivity index (χ2v) is 5.27. The Balaban J connectivity index is 2.37. The van der Waals surface area contributed by atoms with Crippen LogP contribution in [0, 0.1) is 0 Å². The topological polar surface area (TPSA) is 42.6 Å². The first-order chi connectivity index (χ1) is 9.00. The Morgan fingerprint density at radius 1 is 1.37 bits per heavy atom. The molecule has 1 N–H and O–H groups in total. The van der Waals surface area contributed by atoms with Gasteiger partial charge in [0.05, 0.1) is 5.60 Å². The Morgan fingerprint density at radius 2 is 2.11 bits per heavy atom. The normalized spacial score (nSPS) is 16.5. The Morgan fingerprint density at radius 3 is 2.74 bits per heavy atom. The number of furan rings is 1. The van der Waals surface area contributed by atoms with Gasteiger partial charge < -0.3 is 14.3 Å². The van der Waals surface area contributed by atoms with E-state index in [-0.39, 0.29) is 0 Å². The quantitative estimate of drug-likeness (QED) is 0.888. The summed E-state index contributed by atoms with van der Waals surface area (Å²) in [5.74, 6) is 0.509. The van der Waals surface area contributed by atoms with Gasteiger partial charge in [0.2, 0.25) is 0 Å². The van der Waals surface area contributed by atoms with Gasteiger partial charge in [-0.15, -0.1) is 0 Å². The van der Waals surface area contributed by atoms with Crippen LogP contribution in [0.25, 0.3) is 11.0 Å². The maximum Gasteiger partial charge on any atom is 0.140 e. The SMILES string of the molecule is CCOC(C)(CC)C(O)c1cc2cc(Cl)ccc2o1. The Kier molecular flexibility index (Phi) is 4.19. The maximum absolute atomic E-state index is 10.5. The van der Waals surface area contributed by atoms with Crippen molar-refractivity contribution in [3.8, 4) is 0 Å². The summed E-state index contributed by atoms with van der Waals surface area (Å²) in [6, 6.07) is 7.21. The highest BCUT2D eigenvalue weighted by atomic mass is 35.5. The summed E-state index contributed by atoms with van der Waals surface area (Å²) in [5.41, 5.74) is 0.0697. The zero-order chi connectivity index (χ0) is 14.0. The van der Waals surface area contributed by atoms with Gasteiger partial charge >= 0.3 is 0 Å². The van der Waals surface area contributed by atoms with Gasteiger partial charge in [0.1, 0.15) is 17.4 Å². The smallest absolute Gasteiger partial charge is 0.140 e. The summed E-state index contributed by atoms with van der Waals surface area (Å²) in [6.07, 6.45) is -0.108. The van der Waals surface area contributed by atoms with Crippen LogP contribution in [0.4, 0.5) is 0 Å². The molecule has 4 heteroatoms. The van der Waals surface area contributed by atoms with Gasteiger partial charge in [0, 0.05) is 17.0 Å². The van der Waals surface area contributed by atoms with E-state index in [2.05, 4.69) is 0 Å². The third kappa shape index (κ3) is 2.78. The third-order valence-electron chi connectivity index (χ3n) is 3.52. The van der Waals surface area contributed by atoms with Crippen LogP contribution in [0.15, 0.2) is 28.7 Å². The lowest BCUT2D eigenvalue weighted by Gasteiger charge is -2.32. The van der Waals surface area contributed by atoms with Crippen molar-refractivity contribution in [3.63, 3.8) is 0 Å². The molecule has 0 saturated carbocycles. The number of fused-ring (bicyclic) bond motifs is 1. The van der Waals surface area contributed by atoms with E-state index < -0.39 is 11.7 Å². The zero-order valence-electron chi connectivity index (χ0n) is 11.4. The van der Waals surface area contributed by atoms with Crippen molar-refractivity contribution in [2.24, 2.45) is 0 Å². The first-order valence-corrected chi connectivity index (χ1v) is 6.89. The van der Waals surface area contributed by atoms with E-state index in [1.807, 2.05) is 32.9 Å². The predicted octanol–water partition coefficient (Wildman–Crippen LogP) is 4.32. The molecule has 2 aromatic rings. The van der Waals surface area contributed by atoms with Gasteiger partial charge in [-0.3, -0.25) is 0 Å². The van der Waals surface area contributed by atoms with E-state index in [1.54, 1.807) is 12.1 Å². The Labute approximate surface area is 118 Å². The van der Waals surface area contributed by atoms with Gasteiger partial charge in [0.25, 0.3) is 0 Å². The molecule has 1 aromatic heterocycles. The molecule has 3 nitrogen and oxygen atoms in total. The molecule has 0 bridgehead atoms. The van der Waals surface area contributed by atoms with Crippen LogP contribution < -0.4 is 0 Å². The van der Waals surface area contributed by atoms with Crippen LogP contribution >= 0.6 is 11.6 Å². The fraction of sp³-hybridized carbons (Fsp3) is 0.467. The largest absolute Gasteiger partial charge is 0.458 e. The van der Waals surface area contributed by atoms with Gasteiger partial charge in [-0.2, -0.15) is 0 Å². The van der Waals surface area contributed by atoms with Crippen LogP contribution in [0.3, 0.4) is 0 Å². The number of ether oxygens (including phenoxy) is 1. The molecular weight excluding hydrogens is 264 g/mol. The molecule has 104 valence electrons. The number of rotatable bonds is 5. The van der Waals surface area contributed by atoms with Crippen molar-refractivity contribution in [3.05, 3.63) is 35.0 Å². The number of benzene rings is 1. The van der Waals surface area contributed by atoms with E-state index in [4.69, 9.17) is 20.8 Å². The maximum atomic E-state index is 10.5. The molecule has 0 aliphatic rings. The minimum absolute atomic E-state index is 0.509. The molecule has 2 unspecified atom stereocenters. The fourth-order valence-electron chi connectivity index (χ4n) is 2.17. The standard InChI is InChI=1S/C15H19ClO3/c1-4-15(3,18-5-2)14(17)13-9-10-8-11(16)6-7-12(10)19-13/h6-9,14,17H,4-5H2,1-3H3. The first-order valence-electron chi connectivity index (χ1n) is 6.51. The molecule has 0 fully saturated rings. The average Bonchev–Trinajstić information content (AvgIpc) is 2.80. The van der Waals surface area contributed by atoms with Crippen molar-refractivity contribution in [2.45, 2.75) is 38.9 Å². The Bertz CT molecular complexity index is 564. The minimum Gasteiger partial charge on any atom is -0.458 e. The number of hydrogen-bond acceptors (Lipinski definition) is 3. The molecule has 19 heavy (non-hydrogen) atoms. The van der Waals surface area contributed by atoms with E-state index in [0.717, 1.165) is 5.39 Å². The molecular formula is C15H19ClO3. The number of hydrogen-bond donors (Lipinski definition) is 1. The van der Waals surface area contributed by atoms with Crippen LogP contribution in [0.1, 0.15) is 39.1 Å². The summed E-state index contributed by atoms with van der Waals surface area (Å²) >= 11 is 5.95. The van der Waals surface area contributed by atoms with Crippen LogP contribution in [0.2, 0.25) is 5.02 Å². The van der Waals surface area contributed by atoms with Crippen molar-refractivity contribution in [1.82, 2.24) is 0 Å².